The highest BCUT2D eigenvalue weighted by molar-refractivity contribution is 6.49. The fourth-order valence-electron chi connectivity index (χ4n) is 1.55. The van der Waals surface area contributed by atoms with Crippen LogP contribution in [-0.4, -0.2) is 43.5 Å². The lowest BCUT2D eigenvalue weighted by molar-refractivity contribution is 0.0839. The summed E-state index contributed by atoms with van der Waals surface area (Å²) in [7, 11) is 1.43. The summed E-state index contributed by atoms with van der Waals surface area (Å²) in [5.74, 6) is 0.0975. The van der Waals surface area contributed by atoms with E-state index in [1.54, 1.807) is 24.3 Å². The lowest BCUT2D eigenvalue weighted by Crippen LogP contribution is -2.21. The Morgan fingerprint density at radius 2 is 2.22 bits per heavy atom. The summed E-state index contributed by atoms with van der Waals surface area (Å²) < 4.78 is 5.32. The third kappa shape index (κ3) is 2.78. The minimum atomic E-state index is 0.0975. The van der Waals surface area contributed by atoms with Crippen molar-refractivity contribution in [3.05, 3.63) is 29.8 Å². The maximum Gasteiger partial charge on any atom is 0.141 e. The Labute approximate surface area is 104 Å². The second-order valence-electron chi connectivity index (χ2n) is 3.56. The molecular formula is C12H14N2O4. The van der Waals surface area contributed by atoms with E-state index in [0.717, 1.165) is 0 Å². The van der Waals surface area contributed by atoms with Gasteiger partial charge in [-0.25, -0.2) is 0 Å². The van der Waals surface area contributed by atoms with Crippen molar-refractivity contribution in [1.29, 1.82) is 0 Å². The molecule has 0 amide bonds. The van der Waals surface area contributed by atoms with Crippen LogP contribution in [0.4, 0.5) is 0 Å². The molecule has 0 fully saturated rings. The molecule has 1 N–H and O–H groups in total. The summed E-state index contributed by atoms with van der Waals surface area (Å²) in [4.78, 5) is 9.83. The molecule has 1 aromatic rings. The number of benzene rings is 1. The van der Waals surface area contributed by atoms with Crippen LogP contribution in [0.1, 0.15) is 5.56 Å². The molecule has 0 saturated carbocycles. The fraction of sp³-hybridized carbons (Fsp3) is 0.333. The van der Waals surface area contributed by atoms with Gasteiger partial charge in [0.25, 0.3) is 0 Å². The normalized spacial score (nSPS) is 16.5. The van der Waals surface area contributed by atoms with E-state index in [4.69, 9.17) is 14.4 Å². The third-order valence-corrected chi connectivity index (χ3v) is 2.35. The lowest BCUT2D eigenvalue weighted by Gasteiger charge is -2.08. The minimum Gasteiger partial charge on any atom is -0.507 e. The molecule has 18 heavy (non-hydrogen) atoms. The predicted octanol–water partition coefficient (Wildman–Crippen LogP) is 1.15. The maximum absolute atomic E-state index is 9.84. The van der Waals surface area contributed by atoms with Gasteiger partial charge in [0.1, 0.15) is 30.9 Å². The highest BCUT2D eigenvalue weighted by Crippen LogP contribution is 2.18. The molecular weight excluding hydrogens is 236 g/mol. The van der Waals surface area contributed by atoms with E-state index in [2.05, 4.69) is 10.3 Å². The summed E-state index contributed by atoms with van der Waals surface area (Å²) in [5, 5.41) is 17.7. The molecule has 0 aliphatic carbocycles. The van der Waals surface area contributed by atoms with E-state index < -0.39 is 0 Å². The Bertz CT molecular complexity index is 471. The standard InChI is InChI=1S/C12H14N2O4/c1-16-14-12(9-4-2-3-5-11(9)15)10-8-17-6-7-18-13-10/h2-5,15H,6-8H2,1H3/b14-12+. The van der Waals surface area contributed by atoms with Gasteiger partial charge in [-0.3, -0.25) is 0 Å². The molecule has 1 heterocycles. The second-order valence-corrected chi connectivity index (χ2v) is 3.56. The van der Waals surface area contributed by atoms with Gasteiger partial charge >= 0.3 is 0 Å². The Balaban J connectivity index is 2.37. The van der Waals surface area contributed by atoms with E-state index >= 15 is 0 Å². The van der Waals surface area contributed by atoms with Crippen molar-refractivity contribution in [3.63, 3.8) is 0 Å². The first-order valence-electron chi connectivity index (χ1n) is 5.49. The van der Waals surface area contributed by atoms with Crippen LogP contribution in [0.15, 0.2) is 34.6 Å². The molecule has 1 aromatic carbocycles. The Morgan fingerprint density at radius 3 is 3.00 bits per heavy atom. The van der Waals surface area contributed by atoms with E-state index in [1.165, 1.54) is 7.11 Å². The fourth-order valence-corrected chi connectivity index (χ4v) is 1.55. The number of phenols is 1. The number of phenolic OH excluding ortho intramolecular Hbond substituents is 1. The van der Waals surface area contributed by atoms with Gasteiger partial charge in [0.05, 0.1) is 13.2 Å². The molecule has 1 aliphatic rings. The van der Waals surface area contributed by atoms with Crippen LogP contribution in [0.2, 0.25) is 0 Å². The van der Waals surface area contributed by atoms with Crippen molar-refractivity contribution >= 4 is 11.4 Å². The molecule has 96 valence electrons. The zero-order valence-electron chi connectivity index (χ0n) is 10.00. The van der Waals surface area contributed by atoms with Crippen molar-refractivity contribution in [2.75, 3.05) is 26.9 Å². The number of rotatable bonds is 3. The lowest BCUT2D eigenvalue weighted by atomic mass is 10.1. The topological polar surface area (TPSA) is 72.6 Å². The highest BCUT2D eigenvalue weighted by atomic mass is 16.6. The van der Waals surface area contributed by atoms with Gasteiger partial charge in [0.2, 0.25) is 0 Å². The van der Waals surface area contributed by atoms with Gasteiger partial charge in [-0.1, -0.05) is 22.4 Å². The molecule has 1 aliphatic heterocycles. The zero-order chi connectivity index (χ0) is 12.8. The van der Waals surface area contributed by atoms with Crippen LogP contribution in [0, 0.1) is 0 Å². The average molecular weight is 250 g/mol. The summed E-state index contributed by atoms with van der Waals surface area (Å²) in [5.41, 5.74) is 1.40. The number of ether oxygens (including phenoxy) is 1. The molecule has 0 atom stereocenters. The van der Waals surface area contributed by atoms with Gasteiger partial charge < -0.3 is 19.5 Å². The first-order valence-corrected chi connectivity index (χ1v) is 5.49. The highest BCUT2D eigenvalue weighted by Gasteiger charge is 2.19. The number of hydrogen-bond acceptors (Lipinski definition) is 6. The largest absolute Gasteiger partial charge is 0.507 e. The maximum atomic E-state index is 9.84. The van der Waals surface area contributed by atoms with Crippen LogP contribution >= 0.6 is 0 Å². The van der Waals surface area contributed by atoms with E-state index in [9.17, 15) is 5.11 Å². The molecule has 2 rings (SSSR count). The average Bonchev–Trinajstić information content (AvgIpc) is 2.66. The quantitative estimate of drug-likeness (QED) is 0.645. The van der Waals surface area contributed by atoms with E-state index in [0.29, 0.717) is 30.2 Å². The minimum absolute atomic E-state index is 0.0975. The number of nitrogens with zero attached hydrogens (tertiary/aromatic N) is 2. The van der Waals surface area contributed by atoms with Crippen molar-refractivity contribution < 1.29 is 19.5 Å². The summed E-state index contributed by atoms with van der Waals surface area (Å²) in [6.07, 6.45) is 0. The van der Waals surface area contributed by atoms with Gasteiger partial charge in [-0.15, -0.1) is 0 Å². The number of para-hydroxylation sites is 1. The zero-order valence-corrected chi connectivity index (χ0v) is 10.00. The van der Waals surface area contributed by atoms with Crippen molar-refractivity contribution in [1.82, 2.24) is 0 Å². The molecule has 0 saturated heterocycles. The van der Waals surface area contributed by atoms with Crippen molar-refractivity contribution in [3.8, 4) is 5.75 Å². The van der Waals surface area contributed by atoms with Gasteiger partial charge in [0, 0.05) is 5.56 Å². The summed E-state index contributed by atoms with van der Waals surface area (Å²) in [6, 6.07) is 6.81. The van der Waals surface area contributed by atoms with Gasteiger partial charge in [-0.05, 0) is 12.1 Å². The third-order valence-electron chi connectivity index (χ3n) is 2.35. The number of oxime groups is 2. The molecule has 0 unspecified atom stereocenters. The molecule has 0 aromatic heterocycles. The van der Waals surface area contributed by atoms with E-state index in [-0.39, 0.29) is 12.4 Å². The Morgan fingerprint density at radius 1 is 1.39 bits per heavy atom. The number of aromatic hydroxyl groups is 1. The first kappa shape index (κ1) is 12.4. The SMILES string of the molecule is CO/N=C(/C1=NOCCOC1)c1ccccc1O. The van der Waals surface area contributed by atoms with Crippen LogP contribution in [0.5, 0.6) is 5.75 Å². The van der Waals surface area contributed by atoms with Crippen molar-refractivity contribution in [2.45, 2.75) is 0 Å². The van der Waals surface area contributed by atoms with Gasteiger partial charge in [-0.2, -0.15) is 0 Å². The Kier molecular flexibility index (Phi) is 4.14. The first-order chi connectivity index (χ1) is 8.83. The van der Waals surface area contributed by atoms with E-state index in [1.807, 2.05) is 0 Å². The Hall–Kier alpha value is -2.08. The molecule has 0 bridgehead atoms. The number of hydrogen-bond donors (Lipinski definition) is 1. The monoisotopic (exact) mass is 250 g/mol. The van der Waals surface area contributed by atoms with Crippen LogP contribution < -0.4 is 0 Å². The van der Waals surface area contributed by atoms with Crippen molar-refractivity contribution in [2.24, 2.45) is 10.3 Å². The summed E-state index contributed by atoms with van der Waals surface area (Å²) in [6.45, 7) is 1.12. The van der Waals surface area contributed by atoms with Gasteiger partial charge in [0.15, 0.2) is 0 Å². The molecule has 0 spiro atoms. The molecule has 0 radical (unpaired) electrons. The molecule has 6 heteroatoms. The second kappa shape index (κ2) is 6.02. The molecule has 6 nitrogen and oxygen atoms in total. The predicted molar refractivity (Wildman–Crippen MR) is 65.9 cm³/mol. The van der Waals surface area contributed by atoms with Crippen LogP contribution in [0.3, 0.4) is 0 Å². The smallest absolute Gasteiger partial charge is 0.141 e. The summed E-state index contributed by atoms with van der Waals surface area (Å²) >= 11 is 0. The van der Waals surface area contributed by atoms with Crippen LogP contribution in [0.25, 0.3) is 0 Å². The van der Waals surface area contributed by atoms with Crippen LogP contribution in [-0.2, 0) is 14.4 Å².